The number of hydrogen-bond acceptors (Lipinski definition) is 3. The van der Waals surface area contributed by atoms with Gasteiger partial charge in [0.15, 0.2) is 0 Å². The molecule has 2 aliphatic heterocycles. The number of carbonyl (C=O) groups excluding carboxylic acids is 2. The Bertz CT molecular complexity index is 351. The van der Waals surface area contributed by atoms with Gasteiger partial charge < -0.3 is 15.5 Å². The van der Waals surface area contributed by atoms with Crippen LogP contribution < -0.4 is 10.6 Å². The van der Waals surface area contributed by atoms with Crippen molar-refractivity contribution in [3.05, 3.63) is 0 Å². The van der Waals surface area contributed by atoms with Crippen molar-refractivity contribution in [2.75, 3.05) is 26.2 Å². The number of nitrogens with zero attached hydrogens (tertiary/aromatic N) is 1. The first kappa shape index (κ1) is 15.3. The molecule has 0 aliphatic carbocycles. The fraction of sp³-hybridized carbons (Fsp3) is 0.867. The van der Waals surface area contributed by atoms with E-state index in [2.05, 4.69) is 17.6 Å². The molecule has 0 aromatic rings. The molecule has 2 aliphatic rings. The zero-order valence-corrected chi connectivity index (χ0v) is 12.7. The molecule has 5 heteroatoms. The molecule has 20 heavy (non-hydrogen) atoms. The van der Waals surface area contributed by atoms with Gasteiger partial charge >= 0.3 is 0 Å². The van der Waals surface area contributed by atoms with E-state index >= 15 is 0 Å². The average Bonchev–Trinajstić information content (AvgIpc) is 2.45. The summed E-state index contributed by atoms with van der Waals surface area (Å²) in [7, 11) is 0. The molecule has 0 aromatic heterocycles. The summed E-state index contributed by atoms with van der Waals surface area (Å²) >= 11 is 0. The molecule has 2 N–H and O–H groups in total. The quantitative estimate of drug-likeness (QED) is 0.802. The van der Waals surface area contributed by atoms with Gasteiger partial charge in [0.2, 0.25) is 11.8 Å². The van der Waals surface area contributed by atoms with E-state index in [9.17, 15) is 9.59 Å². The molecule has 0 radical (unpaired) electrons. The topological polar surface area (TPSA) is 61.4 Å². The van der Waals surface area contributed by atoms with Crippen LogP contribution in [0, 0.1) is 11.8 Å². The first-order chi connectivity index (χ1) is 9.58. The lowest BCUT2D eigenvalue weighted by atomic mass is 9.90. The molecule has 0 spiro atoms. The van der Waals surface area contributed by atoms with Crippen LogP contribution in [0.5, 0.6) is 0 Å². The van der Waals surface area contributed by atoms with Gasteiger partial charge in [0.05, 0.1) is 6.04 Å². The fourth-order valence-electron chi connectivity index (χ4n) is 3.22. The maximum absolute atomic E-state index is 12.5. The Morgan fingerprint density at radius 1 is 1.25 bits per heavy atom. The third kappa shape index (κ3) is 3.95. The highest BCUT2D eigenvalue weighted by Crippen LogP contribution is 2.21. The summed E-state index contributed by atoms with van der Waals surface area (Å²) in [6, 6.07) is 0.00986. The van der Waals surface area contributed by atoms with Crippen LogP contribution in [0.15, 0.2) is 0 Å². The van der Waals surface area contributed by atoms with Crippen molar-refractivity contribution in [2.45, 2.75) is 45.6 Å². The molecule has 0 aromatic carbocycles. The maximum atomic E-state index is 12.5. The van der Waals surface area contributed by atoms with Crippen LogP contribution in [0.2, 0.25) is 0 Å². The highest BCUT2D eigenvalue weighted by Gasteiger charge is 2.32. The van der Waals surface area contributed by atoms with E-state index in [-0.39, 0.29) is 17.9 Å². The number of nitrogens with one attached hydrogen (secondary N) is 2. The van der Waals surface area contributed by atoms with E-state index in [1.807, 2.05) is 4.90 Å². The zero-order chi connectivity index (χ0) is 14.5. The van der Waals surface area contributed by atoms with Crippen molar-refractivity contribution in [3.8, 4) is 0 Å². The summed E-state index contributed by atoms with van der Waals surface area (Å²) in [6.45, 7) is 7.07. The minimum atomic E-state index is 0.00986. The summed E-state index contributed by atoms with van der Waals surface area (Å²) in [6.07, 6.45) is 4.30. The number of amides is 2. The molecule has 0 bridgehead atoms. The molecular weight excluding hydrogens is 254 g/mol. The van der Waals surface area contributed by atoms with E-state index in [4.69, 9.17) is 0 Å². The third-order valence-electron chi connectivity index (χ3n) is 4.60. The summed E-state index contributed by atoms with van der Waals surface area (Å²) in [4.78, 5) is 25.5. The van der Waals surface area contributed by atoms with Crippen molar-refractivity contribution >= 4 is 11.8 Å². The second kappa shape index (κ2) is 7.07. The monoisotopic (exact) mass is 281 g/mol. The largest absolute Gasteiger partial charge is 0.356 e. The Labute approximate surface area is 121 Å². The van der Waals surface area contributed by atoms with Gasteiger partial charge in [-0.1, -0.05) is 6.92 Å². The van der Waals surface area contributed by atoms with E-state index < -0.39 is 0 Å². The van der Waals surface area contributed by atoms with E-state index in [1.165, 1.54) is 6.42 Å². The lowest BCUT2D eigenvalue weighted by Gasteiger charge is -2.37. The van der Waals surface area contributed by atoms with Crippen LogP contribution in [0.4, 0.5) is 0 Å². The van der Waals surface area contributed by atoms with Crippen LogP contribution in [0.3, 0.4) is 0 Å². The molecule has 2 fully saturated rings. The Balaban J connectivity index is 1.78. The van der Waals surface area contributed by atoms with Crippen molar-refractivity contribution in [3.63, 3.8) is 0 Å². The second-order valence-electron chi connectivity index (χ2n) is 6.26. The van der Waals surface area contributed by atoms with E-state index in [0.717, 1.165) is 45.4 Å². The van der Waals surface area contributed by atoms with Crippen LogP contribution in [0.25, 0.3) is 0 Å². The molecule has 5 nitrogen and oxygen atoms in total. The SMILES string of the molecule is CC(=O)NCC1CCN(C(=O)C2NCCCC2C)CC1. The van der Waals surface area contributed by atoms with Crippen LogP contribution >= 0.6 is 0 Å². The van der Waals surface area contributed by atoms with Gasteiger partial charge in [0.25, 0.3) is 0 Å². The van der Waals surface area contributed by atoms with Crippen molar-refractivity contribution < 1.29 is 9.59 Å². The minimum Gasteiger partial charge on any atom is -0.356 e. The van der Waals surface area contributed by atoms with Gasteiger partial charge in [-0.3, -0.25) is 9.59 Å². The zero-order valence-electron chi connectivity index (χ0n) is 12.7. The highest BCUT2D eigenvalue weighted by molar-refractivity contribution is 5.82. The van der Waals surface area contributed by atoms with Crippen LogP contribution in [-0.2, 0) is 9.59 Å². The van der Waals surface area contributed by atoms with E-state index in [0.29, 0.717) is 11.8 Å². The standard InChI is InChI=1S/C15H27N3O2/c1-11-4-3-7-16-14(11)15(20)18-8-5-13(6-9-18)10-17-12(2)19/h11,13-14,16H,3-10H2,1-2H3,(H,17,19). The van der Waals surface area contributed by atoms with Crippen molar-refractivity contribution in [1.82, 2.24) is 15.5 Å². The van der Waals surface area contributed by atoms with Gasteiger partial charge in [-0.2, -0.15) is 0 Å². The van der Waals surface area contributed by atoms with Gasteiger partial charge in [0, 0.05) is 26.6 Å². The molecule has 2 saturated heterocycles. The molecule has 2 unspecified atom stereocenters. The maximum Gasteiger partial charge on any atom is 0.239 e. The lowest BCUT2D eigenvalue weighted by molar-refractivity contribution is -0.136. The molecule has 2 heterocycles. The lowest BCUT2D eigenvalue weighted by Crippen LogP contribution is -2.54. The van der Waals surface area contributed by atoms with Gasteiger partial charge in [-0.05, 0) is 44.1 Å². The smallest absolute Gasteiger partial charge is 0.239 e. The predicted molar refractivity (Wildman–Crippen MR) is 78.2 cm³/mol. The third-order valence-corrected chi connectivity index (χ3v) is 4.60. The summed E-state index contributed by atoms with van der Waals surface area (Å²) in [5.41, 5.74) is 0. The fourth-order valence-corrected chi connectivity index (χ4v) is 3.22. The second-order valence-corrected chi connectivity index (χ2v) is 6.26. The number of piperidine rings is 2. The molecule has 2 amide bonds. The molecule has 2 atom stereocenters. The van der Waals surface area contributed by atoms with Gasteiger partial charge in [-0.15, -0.1) is 0 Å². The average molecular weight is 281 g/mol. The predicted octanol–water partition coefficient (Wildman–Crippen LogP) is 0.749. The Morgan fingerprint density at radius 3 is 2.55 bits per heavy atom. The van der Waals surface area contributed by atoms with Crippen molar-refractivity contribution in [1.29, 1.82) is 0 Å². The number of likely N-dealkylation sites (tertiary alicyclic amines) is 1. The first-order valence-corrected chi connectivity index (χ1v) is 7.84. The Morgan fingerprint density at radius 2 is 1.95 bits per heavy atom. The summed E-state index contributed by atoms with van der Waals surface area (Å²) in [5, 5.41) is 6.24. The van der Waals surface area contributed by atoms with E-state index in [1.54, 1.807) is 6.92 Å². The summed E-state index contributed by atoms with van der Waals surface area (Å²) < 4.78 is 0. The minimum absolute atomic E-state index is 0.00986. The molecular formula is C15H27N3O2. The van der Waals surface area contributed by atoms with Crippen molar-refractivity contribution in [2.24, 2.45) is 11.8 Å². The van der Waals surface area contributed by atoms with Crippen LogP contribution in [0.1, 0.15) is 39.5 Å². The molecule has 2 rings (SSSR count). The van der Waals surface area contributed by atoms with Gasteiger partial charge in [-0.25, -0.2) is 0 Å². The first-order valence-electron chi connectivity index (χ1n) is 7.84. The highest BCUT2D eigenvalue weighted by atomic mass is 16.2. The van der Waals surface area contributed by atoms with Crippen LogP contribution in [-0.4, -0.2) is 48.9 Å². The Kier molecular flexibility index (Phi) is 5.40. The number of rotatable bonds is 3. The number of hydrogen-bond donors (Lipinski definition) is 2. The van der Waals surface area contributed by atoms with Gasteiger partial charge in [0.1, 0.15) is 0 Å². The Hall–Kier alpha value is -1.10. The number of carbonyl (C=O) groups is 2. The normalized spacial score (nSPS) is 28.2. The molecule has 114 valence electrons. The summed E-state index contributed by atoms with van der Waals surface area (Å²) in [5.74, 6) is 1.26. The molecule has 0 saturated carbocycles.